The van der Waals surface area contributed by atoms with Gasteiger partial charge >= 0.3 is 0 Å². The van der Waals surface area contributed by atoms with Crippen molar-refractivity contribution >= 4 is 0 Å². The molecular weight excluding hydrogens is 340 g/mol. The number of hydrogen-bond donors (Lipinski definition) is 4. The molecule has 4 N–H and O–H groups in total. The third-order valence-corrected chi connectivity index (χ3v) is 5.16. The van der Waals surface area contributed by atoms with E-state index in [1.807, 2.05) is 13.8 Å². The van der Waals surface area contributed by atoms with Crippen molar-refractivity contribution in [2.45, 2.75) is 33.3 Å². The Morgan fingerprint density at radius 1 is 0.556 bits per heavy atom. The van der Waals surface area contributed by atoms with Gasteiger partial charge in [0.1, 0.15) is 22.8 Å². The van der Waals surface area contributed by atoms with Gasteiger partial charge in [0.25, 0.3) is 0 Å². The largest absolute Gasteiger partial charge is 0.508 e. The molecular formula is C23H24O4. The van der Waals surface area contributed by atoms with Gasteiger partial charge in [-0.2, -0.15) is 0 Å². The SMILES string of the molecule is Cc1cc(C(O)(c2cc(C)c(O)cc2C)c2ccccc2O)c(C)cc1O. The van der Waals surface area contributed by atoms with Crippen LogP contribution in [0, 0.1) is 27.7 Å². The van der Waals surface area contributed by atoms with Crippen molar-refractivity contribution in [3.63, 3.8) is 0 Å². The zero-order valence-corrected chi connectivity index (χ0v) is 15.9. The number of hydrogen-bond acceptors (Lipinski definition) is 4. The van der Waals surface area contributed by atoms with Gasteiger partial charge in [-0.25, -0.2) is 0 Å². The molecule has 0 spiro atoms. The van der Waals surface area contributed by atoms with Crippen LogP contribution >= 0.6 is 0 Å². The Morgan fingerprint density at radius 3 is 1.44 bits per heavy atom. The van der Waals surface area contributed by atoms with E-state index in [1.165, 1.54) is 6.07 Å². The Kier molecular flexibility index (Phi) is 4.62. The molecule has 0 fully saturated rings. The van der Waals surface area contributed by atoms with E-state index < -0.39 is 5.60 Å². The Labute approximate surface area is 159 Å². The van der Waals surface area contributed by atoms with Gasteiger partial charge in [-0.15, -0.1) is 0 Å². The molecule has 0 atom stereocenters. The Bertz CT molecular complexity index is 964. The summed E-state index contributed by atoms with van der Waals surface area (Å²) in [5, 5.41) is 42.7. The number of rotatable bonds is 3. The van der Waals surface area contributed by atoms with Crippen LogP contribution in [0.3, 0.4) is 0 Å². The predicted octanol–water partition coefficient (Wildman–Crippen LogP) is 4.32. The summed E-state index contributed by atoms with van der Waals surface area (Å²) in [5.41, 5.74) is 2.43. The maximum absolute atomic E-state index is 12.1. The number of aliphatic hydroxyl groups is 1. The van der Waals surface area contributed by atoms with E-state index in [4.69, 9.17) is 0 Å². The lowest BCUT2D eigenvalue weighted by molar-refractivity contribution is 0.120. The fraction of sp³-hybridized carbons (Fsp3) is 0.217. The molecule has 0 heterocycles. The van der Waals surface area contributed by atoms with Crippen molar-refractivity contribution in [1.82, 2.24) is 0 Å². The van der Waals surface area contributed by atoms with Crippen molar-refractivity contribution in [1.29, 1.82) is 0 Å². The Balaban J connectivity index is 2.44. The van der Waals surface area contributed by atoms with E-state index in [2.05, 4.69) is 0 Å². The smallest absolute Gasteiger partial charge is 0.144 e. The van der Waals surface area contributed by atoms with Gasteiger partial charge in [0.2, 0.25) is 0 Å². The minimum absolute atomic E-state index is 0.0322. The molecule has 0 aliphatic heterocycles. The fourth-order valence-corrected chi connectivity index (χ4v) is 3.60. The van der Waals surface area contributed by atoms with Crippen molar-refractivity contribution in [2.75, 3.05) is 0 Å². The van der Waals surface area contributed by atoms with Gasteiger partial charge in [-0.1, -0.05) is 18.2 Å². The third kappa shape index (κ3) is 3.02. The monoisotopic (exact) mass is 364 g/mol. The summed E-state index contributed by atoms with van der Waals surface area (Å²) in [6.45, 7) is 7.14. The zero-order valence-electron chi connectivity index (χ0n) is 15.9. The van der Waals surface area contributed by atoms with Gasteiger partial charge < -0.3 is 20.4 Å². The number of para-hydroxylation sites is 1. The summed E-state index contributed by atoms with van der Waals surface area (Å²) < 4.78 is 0. The standard InChI is InChI=1S/C23H24O4/c1-13-11-21(25)15(3)9-18(13)23(27,17-7-5-6-8-20(17)24)19-10-16(4)22(26)12-14(19)2/h5-12,24-27H,1-4H3. The molecule has 0 aliphatic carbocycles. The van der Waals surface area contributed by atoms with Crippen LogP contribution in [-0.4, -0.2) is 20.4 Å². The van der Waals surface area contributed by atoms with Gasteiger partial charge in [-0.05, 0) is 91.4 Å². The molecule has 0 saturated carbocycles. The average Bonchev–Trinajstić information content (AvgIpc) is 2.61. The van der Waals surface area contributed by atoms with E-state index in [0.29, 0.717) is 38.9 Å². The second-order valence-electron chi connectivity index (χ2n) is 7.13. The summed E-state index contributed by atoms with van der Waals surface area (Å²) in [5.74, 6) is 0.263. The molecule has 4 nitrogen and oxygen atoms in total. The predicted molar refractivity (Wildman–Crippen MR) is 105 cm³/mol. The lowest BCUT2D eigenvalue weighted by Crippen LogP contribution is -2.31. The van der Waals surface area contributed by atoms with E-state index >= 15 is 0 Å². The van der Waals surface area contributed by atoms with E-state index in [-0.39, 0.29) is 17.2 Å². The molecule has 0 amide bonds. The fourth-order valence-electron chi connectivity index (χ4n) is 3.60. The normalized spacial score (nSPS) is 11.6. The molecule has 140 valence electrons. The van der Waals surface area contributed by atoms with Crippen LogP contribution in [0.2, 0.25) is 0 Å². The van der Waals surface area contributed by atoms with Crippen LogP contribution in [-0.2, 0) is 5.60 Å². The Morgan fingerprint density at radius 2 is 1.00 bits per heavy atom. The zero-order chi connectivity index (χ0) is 19.9. The van der Waals surface area contributed by atoms with Crippen molar-refractivity contribution in [2.24, 2.45) is 0 Å². The maximum Gasteiger partial charge on any atom is 0.144 e. The quantitative estimate of drug-likeness (QED) is 0.522. The topological polar surface area (TPSA) is 80.9 Å². The van der Waals surface area contributed by atoms with Gasteiger partial charge in [0.15, 0.2) is 0 Å². The van der Waals surface area contributed by atoms with Crippen molar-refractivity contribution < 1.29 is 20.4 Å². The van der Waals surface area contributed by atoms with E-state index in [9.17, 15) is 20.4 Å². The number of aromatic hydroxyl groups is 3. The van der Waals surface area contributed by atoms with Crippen LogP contribution in [0.5, 0.6) is 17.2 Å². The van der Waals surface area contributed by atoms with Crippen LogP contribution < -0.4 is 0 Å². The van der Waals surface area contributed by atoms with Crippen LogP contribution in [0.4, 0.5) is 0 Å². The molecule has 0 aromatic heterocycles. The molecule has 0 aliphatic rings. The first-order valence-electron chi connectivity index (χ1n) is 8.78. The first-order chi connectivity index (χ1) is 12.7. The number of benzene rings is 3. The molecule has 3 aromatic rings. The highest BCUT2D eigenvalue weighted by atomic mass is 16.3. The molecule has 0 radical (unpaired) electrons. The highest BCUT2D eigenvalue weighted by Crippen LogP contribution is 2.45. The van der Waals surface area contributed by atoms with E-state index in [1.54, 1.807) is 56.3 Å². The molecule has 0 unspecified atom stereocenters. The van der Waals surface area contributed by atoms with Crippen molar-refractivity contribution in [3.8, 4) is 17.2 Å². The highest BCUT2D eigenvalue weighted by Gasteiger charge is 2.39. The van der Waals surface area contributed by atoms with Gasteiger partial charge in [0, 0.05) is 5.56 Å². The number of phenols is 3. The molecule has 3 aromatic carbocycles. The van der Waals surface area contributed by atoms with Crippen molar-refractivity contribution in [3.05, 3.63) is 87.5 Å². The van der Waals surface area contributed by atoms with E-state index in [0.717, 1.165) is 0 Å². The second kappa shape index (κ2) is 6.63. The number of phenolic OH excluding ortho intramolecular Hbond substituents is 3. The molecule has 0 bridgehead atoms. The lowest BCUT2D eigenvalue weighted by atomic mass is 9.75. The lowest BCUT2D eigenvalue weighted by Gasteiger charge is -2.34. The minimum Gasteiger partial charge on any atom is -0.508 e. The summed E-state index contributed by atoms with van der Waals surface area (Å²) in [4.78, 5) is 0. The maximum atomic E-state index is 12.1. The van der Waals surface area contributed by atoms with Crippen LogP contribution in [0.1, 0.15) is 38.9 Å². The molecule has 27 heavy (non-hydrogen) atoms. The Hall–Kier alpha value is -2.98. The summed E-state index contributed by atoms with van der Waals surface area (Å²) in [6, 6.07) is 13.4. The second-order valence-corrected chi connectivity index (χ2v) is 7.13. The molecule has 3 rings (SSSR count). The van der Waals surface area contributed by atoms with Gasteiger partial charge in [-0.3, -0.25) is 0 Å². The third-order valence-electron chi connectivity index (χ3n) is 5.16. The summed E-state index contributed by atoms with van der Waals surface area (Å²) in [7, 11) is 0. The summed E-state index contributed by atoms with van der Waals surface area (Å²) in [6.07, 6.45) is 0. The number of aryl methyl sites for hydroxylation is 4. The summed E-state index contributed by atoms with van der Waals surface area (Å²) >= 11 is 0. The first-order valence-corrected chi connectivity index (χ1v) is 8.78. The molecule has 4 heteroatoms. The van der Waals surface area contributed by atoms with Gasteiger partial charge in [0.05, 0.1) is 0 Å². The van der Waals surface area contributed by atoms with Crippen LogP contribution in [0.25, 0.3) is 0 Å². The first kappa shape index (κ1) is 18.8. The highest BCUT2D eigenvalue weighted by molar-refractivity contribution is 5.59. The average molecular weight is 364 g/mol. The molecule has 0 saturated heterocycles. The van der Waals surface area contributed by atoms with Crippen LogP contribution in [0.15, 0.2) is 48.5 Å². The minimum atomic E-state index is -1.66.